The fourth-order valence-electron chi connectivity index (χ4n) is 9.89. The van der Waals surface area contributed by atoms with Crippen LogP contribution in [0, 0.1) is 0 Å². The van der Waals surface area contributed by atoms with Crippen molar-refractivity contribution in [3.8, 4) is 0 Å². The van der Waals surface area contributed by atoms with Gasteiger partial charge in [-0.15, -0.1) is 0 Å². The van der Waals surface area contributed by atoms with Gasteiger partial charge in [-0.25, -0.2) is 0 Å². The standard InChI is InChI=1S/C56H49N3O8/c60-53-49-47-40-25-13-15-27-42(40)57-43(47)29-45-48(50(49)54(61)58-53)41-26-14-16-28-44(41)59(45)55-56(62,35-64-31-37-19-7-2-8-20-37)52(66-33-39-23-11-4-12-24-39)51(65-32-38-21-9-3-10-22-38)46(67-55)34-63-30-36-17-5-1-6-18-36/h1-28,46,51-52,55,57,62H,29-35H2,(H,58,60,61)/t46-,51-,52+,55?,56-/m1/s1/i35D/t35?,46-,51-,52+,55?,56-. The van der Waals surface area contributed by atoms with Crippen molar-refractivity contribution in [1.82, 2.24) is 14.9 Å². The van der Waals surface area contributed by atoms with Gasteiger partial charge in [0.05, 0.1) is 57.7 Å². The number of fused-ring (bicyclic) bond motifs is 8. The first kappa shape index (κ1) is 41.5. The minimum absolute atomic E-state index is 0.00389. The van der Waals surface area contributed by atoms with Crippen LogP contribution >= 0.6 is 0 Å². The molecule has 11 heteroatoms. The smallest absolute Gasteiger partial charge is 0.259 e. The lowest BCUT2D eigenvalue weighted by molar-refractivity contribution is -0.328. The van der Waals surface area contributed by atoms with Crippen molar-refractivity contribution in [2.24, 2.45) is 0 Å². The third-order valence-corrected chi connectivity index (χ3v) is 12.9. The lowest BCUT2D eigenvalue weighted by Gasteiger charge is -2.52. The number of carbonyl (C=O) groups is 2. The molecular formula is C56H49N3O8. The Morgan fingerprint density at radius 1 is 0.627 bits per heavy atom. The van der Waals surface area contributed by atoms with Crippen LogP contribution in [0.15, 0.2) is 170 Å². The molecule has 6 aromatic carbocycles. The van der Waals surface area contributed by atoms with Crippen LogP contribution in [0.3, 0.4) is 0 Å². The second-order valence-electron chi connectivity index (χ2n) is 17.3. The molecule has 4 heterocycles. The molecule has 8 aromatic rings. The van der Waals surface area contributed by atoms with Gasteiger partial charge in [0.15, 0.2) is 11.8 Å². The molecule has 2 aromatic heterocycles. The number of nitrogens with one attached hydrogen (secondary N) is 2. The third-order valence-electron chi connectivity index (χ3n) is 12.9. The zero-order valence-corrected chi connectivity index (χ0v) is 36.5. The topological polar surface area (TPSA) is 133 Å². The maximum Gasteiger partial charge on any atom is 0.259 e. The molecule has 336 valence electrons. The van der Waals surface area contributed by atoms with Crippen molar-refractivity contribution in [2.75, 3.05) is 13.2 Å². The van der Waals surface area contributed by atoms with E-state index in [1.165, 1.54) is 0 Å². The Balaban J connectivity index is 1.12. The molecule has 6 atom stereocenters. The summed E-state index contributed by atoms with van der Waals surface area (Å²) in [5, 5.41) is 18.2. The van der Waals surface area contributed by atoms with E-state index in [1.54, 1.807) is 0 Å². The Morgan fingerprint density at radius 2 is 1.15 bits per heavy atom. The number of aliphatic hydroxyl groups is 1. The molecule has 3 aliphatic rings. The summed E-state index contributed by atoms with van der Waals surface area (Å²) < 4.78 is 46.2. The fourth-order valence-corrected chi connectivity index (χ4v) is 9.89. The number of benzene rings is 6. The van der Waals surface area contributed by atoms with Crippen LogP contribution < -0.4 is 5.32 Å². The second-order valence-corrected chi connectivity index (χ2v) is 17.3. The van der Waals surface area contributed by atoms with E-state index in [2.05, 4.69) is 10.3 Å². The lowest BCUT2D eigenvalue weighted by atomic mass is 9.84. The van der Waals surface area contributed by atoms with Gasteiger partial charge < -0.3 is 38.3 Å². The summed E-state index contributed by atoms with van der Waals surface area (Å²) in [6.07, 6.45) is -4.42. The number of amides is 2. The number of nitrogens with zero attached hydrogens (tertiary/aromatic N) is 1. The normalized spacial score (nSPS) is 22.0. The summed E-state index contributed by atoms with van der Waals surface area (Å²) in [7, 11) is 0. The van der Waals surface area contributed by atoms with Crippen LogP contribution in [0.25, 0.3) is 33.0 Å². The fraction of sp³-hybridized carbons (Fsp3) is 0.214. The SMILES string of the molecule is [2H]C(OCc1ccccc1)[C@]1(O)C(n2c3c(c4ccccc42)C2=C(C(=O)NC2=O)c2c([nH]c4ccccc24)C3)O[C@H](COCc2ccccc2)[C@@H](OCc2ccccc2)[C@@H]1OCc1ccccc1. The van der Waals surface area contributed by atoms with E-state index < -0.39 is 48.5 Å². The van der Waals surface area contributed by atoms with Gasteiger partial charge in [0, 0.05) is 45.2 Å². The molecule has 1 aliphatic carbocycles. The van der Waals surface area contributed by atoms with Crippen LogP contribution in [0.2, 0.25) is 0 Å². The molecule has 2 aliphatic heterocycles. The van der Waals surface area contributed by atoms with Gasteiger partial charge in [-0.3, -0.25) is 14.9 Å². The quantitative estimate of drug-likeness (QED) is 0.0871. The summed E-state index contributed by atoms with van der Waals surface area (Å²) in [5.41, 5.74) is 5.52. The van der Waals surface area contributed by atoms with Crippen molar-refractivity contribution in [2.45, 2.75) is 63.0 Å². The summed E-state index contributed by atoms with van der Waals surface area (Å²) >= 11 is 0. The number of hydrogen-bond donors (Lipinski definition) is 3. The van der Waals surface area contributed by atoms with Crippen molar-refractivity contribution >= 4 is 44.8 Å². The molecule has 0 saturated carbocycles. The molecule has 1 fully saturated rings. The van der Waals surface area contributed by atoms with Gasteiger partial charge in [-0.1, -0.05) is 158 Å². The predicted octanol–water partition coefficient (Wildman–Crippen LogP) is 8.83. The zero-order valence-electron chi connectivity index (χ0n) is 37.5. The van der Waals surface area contributed by atoms with Gasteiger partial charge in [-0.05, 0) is 34.4 Å². The van der Waals surface area contributed by atoms with Gasteiger partial charge in [-0.2, -0.15) is 0 Å². The number of imide groups is 1. The molecule has 67 heavy (non-hydrogen) atoms. The highest BCUT2D eigenvalue weighted by molar-refractivity contribution is 6.51. The zero-order chi connectivity index (χ0) is 46.2. The van der Waals surface area contributed by atoms with Crippen LogP contribution in [0.1, 0.15) is 52.4 Å². The molecular weight excluding hydrogens is 843 g/mol. The highest BCUT2D eigenvalue weighted by atomic mass is 16.6. The monoisotopic (exact) mass is 892 g/mol. The minimum Gasteiger partial charge on any atom is -0.380 e. The summed E-state index contributed by atoms with van der Waals surface area (Å²) in [4.78, 5) is 31.9. The number of carbonyl (C=O) groups excluding carboxylic acids is 2. The number of ether oxygens (including phenoxy) is 5. The van der Waals surface area contributed by atoms with Crippen molar-refractivity contribution in [3.63, 3.8) is 0 Å². The highest BCUT2D eigenvalue weighted by Gasteiger charge is 2.59. The van der Waals surface area contributed by atoms with E-state index in [9.17, 15) is 16.1 Å². The molecule has 0 radical (unpaired) electrons. The van der Waals surface area contributed by atoms with E-state index in [0.717, 1.165) is 33.2 Å². The third kappa shape index (κ3) is 8.10. The van der Waals surface area contributed by atoms with E-state index in [0.29, 0.717) is 33.4 Å². The van der Waals surface area contributed by atoms with Gasteiger partial charge in [0.25, 0.3) is 11.8 Å². The number of aromatic nitrogens is 2. The lowest BCUT2D eigenvalue weighted by Crippen LogP contribution is -2.67. The highest BCUT2D eigenvalue weighted by Crippen LogP contribution is 2.50. The summed E-state index contributed by atoms with van der Waals surface area (Å²) in [5.74, 6) is -1.02. The largest absolute Gasteiger partial charge is 0.380 e. The first-order valence-electron chi connectivity index (χ1n) is 23.1. The first-order chi connectivity index (χ1) is 33.4. The first-order valence-corrected chi connectivity index (χ1v) is 22.6. The van der Waals surface area contributed by atoms with Crippen molar-refractivity contribution in [3.05, 3.63) is 215 Å². The Hall–Kier alpha value is -6.96. The number of rotatable bonds is 15. The summed E-state index contributed by atoms with van der Waals surface area (Å²) in [6, 6.07) is 54.0. The maximum atomic E-state index is 14.3. The second kappa shape index (κ2) is 18.4. The number of hydrogen-bond acceptors (Lipinski definition) is 8. The maximum absolute atomic E-state index is 14.3. The number of H-pyrrole nitrogens is 1. The van der Waals surface area contributed by atoms with Crippen LogP contribution in [0.4, 0.5) is 0 Å². The van der Waals surface area contributed by atoms with E-state index in [4.69, 9.17) is 23.7 Å². The molecule has 3 N–H and O–H groups in total. The van der Waals surface area contributed by atoms with Crippen molar-refractivity contribution in [1.29, 1.82) is 0 Å². The minimum atomic E-state index is -2.34. The molecule has 11 rings (SSSR count). The molecule has 0 bridgehead atoms. The molecule has 0 spiro atoms. The Morgan fingerprint density at radius 3 is 1.79 bits per heavy atom. The summed E-state index contributed by atoms with van der Waals surface area (Å²) in [6.45, 7) is -1.25. The molecule has 11 nitrogen and oxygen atoms in total. The number of aromatic amines is 1. The number of para-hydroxylation sites is 2. The molecule has 2 amide bonds. The van der Waals surface area contributed by atoms with E-state index in [-0.39, 0.29) is 50.6 Å². The van der Waals surface area contributed by atoms with Crippen LogP contribution in [-0.4, -0.2) is 63.6 Å². The Kier molecular flexibility index (Phi) is 11.4. The Bertz CT molecular complexity index is 3140. The van der Waals surface area contributed by atoms with Crippen molar-refractivity contribution < 1.29 is 39.8 Å². The Labute approximate surface area is 388 Å². The van der Waals surface area contributed by atoms with Gasteiger partial charge in [0.1, 0.15) is 18.3 Å². The predicted molar refractivity (Wildman–Crippen MR) is 254 cm³/mol. The average molecular weight is 893 g/mol. The average Bonchev–Trinajstić information content (AvgIpc) is 3.96. The van der Waals surface area contributed by atoms with Gasteiger partial charge in [0.2, 0.25) is 0 Å². The van der Waals surface area contributed by atoms with Crippen LogP contribution in [-0.2, 0) is 66.1 Å². The molecule has 2 unspecified atom stereocenters. The van der Waals surface area contributed by atoms with E-state index >= 15 is 0 Å². The van der Waals surface area contributed by atoms with Crippen LogP contribution in [0.5, 0.6) is 0 Å². The van der Waals surface area contributed by atoms with E-state index in [1.807, 2.05) is 174 Å². The van der Waals surface area contributed by atoms with Gasteiger partial charge >= 0.3 is 0 Å². The molecule has 1 saturated heterocycles.